The maximum atomic E-state index is 5.99. The highest BCUT2D eigenvalue weighted by molar-refractivity contribution is 6.30. The van der Waals surface area contributed by atoms with Gasteiger partial charge < -0.3 is 5.32 Å². The van der Waals surface area contributed by atoms with Crippen molar-refractivity contribution in [2.75, 3.05) is 11.9 Å². The number of hydrogen-bond acceptors (Lipinski definition) is 3. The van der Waals surface area contributed by atoms with Crippen LogP contribution in [0.1, 0.15) is 19.0 Å². The molecular formula is C14H16ClN3. The number of aromatic nitrogens is 2. The van der Waals surface area contributed by atoms with Gasteiger partial charge in [0, 0.05) is 28.9 Å². The van der Waals surface area contributed by atoms with Crippen LogP contribution in [0.4, 0.5) is 5.82 Å². The summed E-state index contributed by atoms with van der Waals surface area (Å²) in [5.41, 5.74) is 1.88. The number of hydrogen-bond donors (Lipinski definition) is 1. The van der Waals surface area contributed by atoms with Gasteiger partial charge in [0.15, 0.2) is 5.82 Å². The number of nitrogens with zero attached hydrogens (tertiary/aromatic N) is 2. The lowest BCUT2D eigenvalue weighted by atomic mass is 10.2. The van der Waals surface area contributed by atoms with Gasteiger partial charge >= 0.3 is 0 Å². The number of halogens is 1. The normalized spacial score (nSPS) is 10.4. The molecule has 0 amide bonds. The molecule has 0 radical (unpaired) electrons. The second-order valence-electron chi connectivity index (χ2n) is 4.16. The molecule has 1 aromatic heterocycles. The van der Waals surface area contributed by atoms with Gasteiger partial charge in [0.05, 0.1) is 0 Å². The van der Waals surface area contributed by atoms with Crippen LogP contribution in [0.2, 0.25) is 5.02 Å². The molecule has 0 aliphatic rings. The first-order valence-electron chi connectivity index (χ1n) is 6.04. The monoisotopic (exact) mass is 261 g/mol. The molecule has 0 saturated heterocycles. The minimum atomic E-state index is 0.695. The number of aryl methyl sites for hydroxylation is 1. The minimum Gasteiger partial charge on any atom is -0.370 e. The molecule has 1 aromatic carbocycles. The van der Waals surface area contributed by atoms with E-state index in [4.69, 9.17) is 11.6 Å². The minimum absolute atomic E-state index is 0.695. The van der Waals surface area contributed by atoms with Gasteiger partial charge in [-0.3, -0.25) is 0 Å². The summed E-state index contributed by atoms with van der Waals surface area (Å²) in [5.74, 6) is 1.57. The first-order valence-corrected chi connectivity index (χ1v) is 6.42. The van der Waals surface area contributed by atoms with Crippen LogP contribution in [-0.4, -0.2) is 16.5 Å². The van der Waals surface area contributed by atoms with Gasteiger partial charge in [-0.05, 0) is 25.5 Å². The maximum absolute atomic E-state index is 5.99. The quantitative estimate of drug-likeness (QED) is 0.906. The lowest BCUT2D eigenvalue weighted by Gasteiger charge is -2.08. The van der Waals surface area contributed by atoms with Gasteiger partial charge in [0.25, 0.3) is 0 Å². The third kappa shape index (κ3) is 3.20. The van der Waals surface area contributed by atoms with E-state index in [0.717, 1.165) is 30.0 Å². The predicted molar refractivity (Wildman–Crippen MR) is 76.0 cm³/mol. The Labute approximate surface area is 112 Å². The fourth-order valence-corrected chi connectivity index (χ4v) is 1.86. The van der Waals surface area contributed by atoms with Crippen LogP contribution in [0.3, 0.4) is 0 Å². The lowest BCUT2D eigenvalue weighted by molar-refractivity contribution is 0.962. The molecule has 1 heterocycles. The number of anilines is 1. The van der Waals surface area contributed by atoms with Crippen LogP contribution in [0.15, 0.2) is 30.3 Å². The zero-order valence-corrected chi connectivity index (χ0v) is 11.3. The molecule has 0 aliphatic heterocycles. The molecule has 0 saturated carbocycles. The fraction of sp³-hybridized carbons (Fsp3) is 0.286. The van der Waals surface area contributed by atoms with Crippen molar-refractivity contribution in [2.45, 2.75) is 20.3 Å². The van der Waals surface area contributed by atoms with Crippen LogP contribution in [0.25, 0.3) is 11.4 Å². The summed E-state index contributed by atoms with van der Waals surface area (Å²) < 4.78 is 0. The Hall–Kier alpha value is -1.61. The van der Waals surface area contributed by atoms with Crippen molar-refractivity contribution in [3.8, 4) is 11.4 Å². The van der Waals surface area contributed by atoms with Crippen LogP contribution < -0.4 is 5.32 Å². The SMILES string of the molecule is CCCNc1cc(C)nc(-c2cccc(Cl)c2)n1. The highest BCUT2D eigenvalue weighted by atomic mass is 35.5. The molecule has 0 fully saturated rings. The van der Waals surface area contributed by atoms with Crippen molar-refractivity contribution < 1.29 is 0 Å². The molecule has 0 spiro atoms. The number of benzene rings is 1. The van der Waals surface area contributed by atoms with E-state index in [-0.39, 0.29) is 0 Å². The van der Waals surface area contributed by atoms with Crippen LogP contribution in [0, 0.1) is 6.92 Å². The van der Waals surface area contributed by atoms with Gasteiger partial charge in [-0.25, -0.2) is 9.97 Å². The Bertz CT molecular complexity index is 540. The summed E-state index contributed by atoms with van der Waals surface area (Å²) in [6.07, 6.45) is 1.07. The Morgan fingerprint density at radius 2 is 2.06 bits per heavy atom. The molecule has 2 aromatic rings. The molecule has 0 unspecified atom stereocenters. The molecule has 0 atom stereocenters. The largest absolute Gasteiger partial charge is 0.370 e. The summed E-state index contributed by atoms with van der Waals surface area (Å²) in [6.45, 7) is 5.00. The molecule has 1 N–H and O–H groups in total. The summed E-state index contributed by atoms with van der Waals surface area (Å²) >= 11 is 5.99. The summed E-state index contributed by atoms with van der Waals surface area (Å²) in [5, 5.41) is 3.97. The zero-order chi connectivity index (χ0) is 13.0. The Morgan fingerprint density at radius 1 is 1.22 bits per heavy atom. The molecule has 2 rings (SSSR count). The van der Waals surface area contributed by atoms with Crippen molar-refractivity contribution in [1.82, 2.24) is 9.97 Å². The Kier molecular flexibility index (Phi) is 4.15. The fourth-order valence-electron chi connectivity index (χ4n) is 1.67. The first kappa shape index (κ1) is 12.8. The van der Waals surface area contributed by atoms with E-state index in [1.165, 1.54) is 0 Å². The Morgan fingerprint density at radius 3 is 2.78 bits per heavy atom. The van der Waals surface area contributed by atoms with Crippen molar-refractivity contribution in [3.05, 3.63) is 41.0 Å². The van der Waals surface area contributed by atoms with Gasteiger partial charge in [0.2, 0.25) is 0 Å². The lowest BCUT2D eigenvalue weighted by Crippen LogP contribution is -2.04. The average molecular weight is 262 g/mol. The third-order valence-corrected chi connectivity index (χ3v) is 2.73. The molecule has 94 valence electrons. The van der Waals surface area contributed by atoms with Crippen molar-refractivity contribution in [2.24, 2.45) is 0 Å². The van der Waals surface area contributed by atoms with E-state index in [1.54, 1.807) is 0 Å². The van der Waals surface area contributed by atoms with E-state index in [1.807, 2.05) is 37.3 Å². The standard InChI is InChI=1S/C14H16ClN3/c1-3-7-16-13-8-10(2)17-14(18-13)11-5-4-6-12(15)9-11/h4-6,8-9H,3,7H2,1-2H3,(H,16,17,18). The molecule has 0 aliphatic carbocycles. The number of rotatable bonds is 4. The number of nitrogens with one attached hydrogen (secondary N) is 1. The molecule has 3 nitrogen and oxygen atoms in total. The van der Waals surface area contributed by atoms with E-state index in [9.17, 15) is 0 Å². The zero-order valence-electron chi connectivity index (χ0n) is 10.6. The molecule has 0 bridgehead atoms. The van der Waals surface area contributed by atoms with Crippen molar-refractivity contribution in [3.63, 3.8) is 0 Å². The van der Waals surface area contributed by atoms with Gasteiger partial charge in [0.1, 0.15) is 5.82 Å². The second kappa shape index (κ2) is 5.83. The predicted octanol–water partition coefficient (Wildman–Crippen LogP) is 3.93. The van der Waals surface area contributed by atoms with Crippen molar-refractivity contribution >= 4 is 17.4 Å². The van der Waals surface area contributed by atoms with Crippen LogP contribution in [-0.2, 0) is 0 Å². The highest BCUT2D eigenvalue weighted by Gasteiger charge is 2.05. The van der Waals surface area contributed by atoms with Crippen LogP contribution in [0.5, 0.6) is 0 Å². The van der Waals surface area contributed by atoms with Crippen molar-refractivity contribution in [1.29, 1.82) is 0 Å². The molecular weight excluding hydrogens is 246 g/mol. The molecule has 4 heteroatoms. The van der Waals surface area contributed by atoms with Gasteiger partial charge in [-0.15, -0.1) is 0 Å². The third-order valence-electron chi connectivity index (χ3n) is 2.49. The van der Waals surface area contributed by atoms with Gasteiger partial charge in [-0.1, -0.05) is 30.7 Å². The second-order valence-corrected chi connectivity index (χ2v) is 4.59. The Balaban J connectivity index is 2.35. The van der Waals surface area contributed by atoms with Gasteiger partial charge in [-0.2, -0.15) is 0 Å². The van der Waals surface area contributed by atoms with E-state index >= 15 is 0 Å². The summed E-state index contributed by atoms with van der Waals surface area (Å²) in [6, 6.07) is 9.54. The smallest absolute Gasteiger partial charge is 0.161 e. The maximum Gasteiger partial charge on any atom is 0.161 e. The topological polar surface area (TPSA) is 37.8 Å². The highest BCUT2D eigenvalue weighted by Crippen LogP contribution is 2.21. The van der Waals surface area contributed by atoms with E-state index in [0.29, 0.717) is 10.8 Å². The average Bonchev–Trinajstić information content (AvgIpc) is 2.36. The summed E-state index contributed by atoms with van der Waals surface area (Å²) in [7, 11) is 0. The van der Waals surface area contributed by atoms with Crippen LogP contribution >= 0.6 is 11.6 Å². The van der Waals surface area contributed by atoms with E-state index in [2.05, 4.69) is 22.2 Å². The first-order chi connectivity index (χ1) is 8.69. The van der Waals surface area contributed by atoms with E-state index < -0.39 is 0 Å². The summed E-state index contributed by atoms with van der Waals surface area (Å²) in [4.78, 5) is 8.95. The molecule has 18 heavy (non-hydrogen) atoms.